The van der Waals surface area contributed by atoms with Crippen LogP contribution in [-0.2, 0) is 9.59 Å². The van der Waals surface area contributed by atoms with Gasteiger partial charge in [-0.25, -0.2) is 0 Å². The van der Waals surface area contributed by atoms with E-state index in [1.165, 1.54) is 12.8 Å². The molecule has 1 aliphatic heterocycles. The second kappa shape index (κ2) is 7.28. The molecule has 0 bridgehead atoms. The number of carbonyl (C=O) groups excluding carboxylic acids is 1. The Morgan fingerprint density at radius 2 is 1.76 bits per heavy atom. The van der Waals surface area contributed by atoms with E-state index >= 15 is 0 Å². The summed E-state index contributed by atoms with van der Waals surface area (Å²) in [7, 11) is 0. The summed E-state index contributed by atoms with van der Waals surface area (Å²) >= 11 is 0. The van der Waals surface area contributed by atoms with Crippen LogP contribution in [0.5, 0.6) is 0 Å². The molecule has 4 heteroatoms. The zero-order valence-corrected chi connectivity index (χ0v) is 13.4. The van der Waals surface area contributed by atoms with Gasteiger partial charge in [-0.2, -0.15) is 0 Å². The summed E-state index contributed by atoms with van der Waals surface area (Å²) in [5.41, 5.74) is 0. The number of amides is 1. The van der Waals surface area contributed by atoms with Gasteiger partial charge in [0, 0.05) is 12.6 Å². The Hall–Kier alpha value is -1.06. The lowest BCUT2D eigenvalue weighted by Crippen LogP contribution is -2.44. The molecule has 1 N–H and O–H groups in total. The molecule has 1 heterocycles. The van der Waals surface area contributed by atoms with E-state index in [-0.39, 0.29) is 11.8 Å². The molecule has 1 saturated heterocycles. The first-order valence-corrected chi connectivity index (χ1v) is 8.61. The number of rotatable bonds is 4. The maximum atomic E-state index is 13.0. The van der Waals surface area contributed by atoms with Gasteiger partial charge in [-0.1, -0.05) is 33.1 Å². The van der Waals surface area contributed by atoms with Gasteiger partial charge in [0.2, 0.25) is 5.91 Å². The van der Waals surface area contributed by atoms with Gasteiger partial charge in [0.25, 0.3) is 0 Å². The van der Waals surface area contributed by atoms with E-state index < -0.39 is 11.9 Å². The molecule has 1 amide bonds. The van der Waals surface area contributed by atoms with Crippen LogP contribution < -0.4 is 0 Å². The van der Waals surface area contributed by atoms with E-state index in [2.05, 4.69) is 13.8 Å². The highest BCUT2D eigenvalue weighted by molar-refractivity contribution is 5.85. The normalized spacial score (nSPS) is 33.7. The zero-order valence-electron chi connectivity index (χ0n) is 13.4. The fraction of sp³-hybridized carbons (Fsp3) is 0.882. The number of nitrogens with zero attached hydrogens (tertiary/aromatic N) is 1. The van der Waals surface area contributed by atoms with Crippen molar-refractivity contribution < 1.29 is 14.7 Å². The molecule has 2 fully saturated rings. The highest BCUT2D eigenvalue weighted by Gasteiger charge is 2.44. The maximum absolute atomic E-state index is 13.0. The van der Waals surface area contributed by atoms with Crippen molar-refractivity contribution in [3.8, 4) is 0 Å². The first-order valence-electron chi connectivity index (χ1n) is 8.61. The van der Waals surface area contributed by atoms with Gasteiger partial charge < -0.3 is 10.0 Å². The van der Waals surface area contributed by atoms with Crippen molar-refractivity contribution in [2.24, 2.45) is 17.8 Å². The van der Waals surface area contributed by atoms with Crippen LogP contribution in [0.1, 0.15) is 65.2 Å². The van der Waals surface area contributed by atoms with E-state index in [4.69, 9.17) is 0 Å². The Kier molecular flexibility index (Phi) is 5.65. The molecule has 1 saturated carbocycles. The second-order valence-electron chi connectivity index (χ2n) is 6.74. The van der Waals surface area contributed by atoms with Crippen molar-refractivity contribution in [2.45, 2.75) is 71.3 Å². The van der Waals surface area contributed by atoms with Gasteiger partial charge in [0.05, 0.1) is 11.8 Å². The van der Waals surface area contributed by atoms with E-state index in [0.717, 1.165) is 38.6 Å². The number of hydrogen-bond acceptors (Lipinski definition) is 2. The quantitative estimate of drug-likeness (QED) is 0.865. The van der Waals surface area contributed by atoms with Crippen LogP contribution in [0.3, 0.4) is 0 Å². The number of carboxylic acids is 1. The summed E-state index contributed by atoms with van der Waals surface area (Å²) in [5, 5.41) is 9.45. The van der Waals surface area contributed by atoms with E-state index in [1.807, 2.05) is 4.90 Å². The summed E-state index contributed by atoms with van der Waals surface area (Å²) < 4.78 is 0. The number of carboxylic acid groups (broad SMARTS) is 1. The van der Waals surface area contributed by atoms with Crippen LogP contribution >= 0.6 is 0 Å². The Morgan fingerprint density at radius 3 is 2.38 bits per heavy atom. The third kappa shape index (κ3) is 3.58. The minimum Gasteiger partial charge on any atom is -0.481 e. The molecule has 2 rings (SSSR count). The van der Waals surface area contributed by atoms with Crippen molar-refractivity contribution in [2.75, 3.05) is 6.54 Å². The summed E-state index contributed by atoms with van der Waals surface area (Å²) in [6, 6.07) is 0.315. The van der Waals surface area contributed by atoms with Crippen LogP contribution in [0.25, 0.3) is 0 Å². The lowest BCUT2D eigenvalue weighted by Gasteiger charge is -2.32. The lowest BCUT2D eigenvalue weighted by atomic mass is 9.93. The molecular weight excluding hydrogens is 266 g/mol. The molecule has 0 aromatic heterocycles. The Labute approximate surface area is 127 Å². The fourth-order valence-corrected chi connectivity index (χ4v) is 4.13. The van der Waals surface area contributed by atoms with Gasteiger partial charge >= 0.3 is 5.97 Å². The lowest BCUT2D eigenvalue weighted by molar-refractivity contribution is -0.150. The predicted octanol–water partition coefficient (Wildman–Crippen LogP) is 3.30. The first kappa shape index (κ1) is 16.3. The van der Waals surface area contributed by atoms with Gasteiger partial charge in [-0.3, -0.25) is 9.59 Å². The summed E-state index contributed by atoms with van der Waals surface area (Å²) in [5.74, 6) is -1.03. The van der Waals surface area contributed by atoms with E-state index in [1.54, 1.807) is 0 Å². The standard InChI is InChI=1S/C17H29NO3/c1-3-12-10-14(15(11-12)17(20)21)16(19)18-9-7-5-6-8-13(18)4-2/h12-15H,3-11H2,1-2H3,(H,20,21)/t12?,13?,14-,15+/m0/s1. The Morgan fingerprint density at radius 1 is 1.05 bits per heavy atom. The van der Waals surface area contributed by atoms with Crippen molar-refractivity contribution in [1.29, 1.82) is 0 Å². The molecular formula is C17H29NO3. The Bertz CT molecular complexity index is 382. The summed E-state index contributed by atoms with van der Waals surface area (Å²) in [4.78, 5) is 26.5. The molecule has 0 aromatic rings. The number of hydrogen-bond donors (Lipinski definition) is 1. The number of aliphatic carboxylic acids is 1. The van der Waals surface area contributed by atoms with Crippen molar-refractivity contribution in [3.63, 3.8) is 0 Å². The molecule has 2 unspecified atom stereocenters. The molecule has 0 radical (unpaired) electrons. The molecule has 0 aromatic carbocycles. The first-order chi connectivity index (χ1) is 10.1. The van der Waals surface area contributed by atoms with Crippen LogP contribution in [0.2, 0.25) is 0 Å². The highest BCUT2D eigenvalue weighted by atomic mass is 16.4. The summed E-state index contributed by atoms with van der Waals surface area (Å²) in [6.07, 6.45) is 7.90. The van der Waals surface area contributed by atoms with Crippen LogP contribution in [0, 0.1) is 17.8 Å². The third-order valence-corrected chi connectivity index (χ3v) is 5.50. The van der Waals surface area contributed by atoms with Crippen LogP contribution in [0.15, 0.2) is 0 Å². The van der Waals surface area contributed by atoms with Crippen molar-refractivity contribution in [3.05, 3.63) is 0 Å². The second-order valence-corrected chi connectivity index (χ2v) is 6.74. The molecule has 2 aliphatic rings. The highest BCUT2D eigenvalue weighted by Crippen LogP contribution is 2.40. The molecule has 4 atom stereocenters. The zero-order chi connectivity index (χ0) is 15.4. The SMILES string of the molecule is CCC1C[C@H](C(=O)N2CCCCCC2CC)[C@H](C(=O)O)C1. The monoisotopic (exact) mass is 295 g/mol. The van der Waals surface area contributed by atoms with Gasteiger partial charge in [0.1, 0.15) is 0 Å². The molecule has 4 nitrogen and oxygen atoms in total. The van der Waals surface area contributed by atoms with E-state index in [0.29, 0.717) is 18.4 Å². The molecule has 120 valence electrons. The van der Waals surface area contributed by atoms with E-state index in [9.17, 15) is 14.7 Å². The van der Waals surface area contributed by atoms with Crippen LogP contribution in [-0.4, -0.2) is 34.5 Å². The number of likely N-dealkylation sites (tertiary alicyclic amines) is 1. The molecule has 1 aliphatic carbocycles. The largest absolute Gasteiger partial charge is 0.481 e. The van der Waals surface area contributed by atoms with Gasteiger partial charge in [-0.15, -0.1) is 0 Å². The topological polar surface area (TPSA) is 57.6 Å². The van der Waals surface area contributed by atoms with Gasteiger partial charge in [0.15, 0.2) is 0 Å². The minimum atomic E-state index is -0.785. The number of carbonyl (C=O) groups is 2. The average Bonchev–Trinajstić information content (AvgIpc) is 2.78. The summed E-state index contributed by atoms with van der Waals surface area (Å²) in [6.45, 7) is 5.04. The smallest absolute Gasteiger partial charge is 0.307 e. The van der Waals surface area contributed by atoms with Crippen molar-refractivity contribution >= 4 is 11.9 Å². The molecule has 21 heavy (non-hydrogen) atoms. The predicted molar refractivity (Wildman–Crippen MR) is 81.9 cm³/mol. The molecule has 0 spiro atoms. The average molecular weight is 295 g/mol. The fourth-order valence-electron chi connectivity index (χ4n) is 4.13. The van der Waals surface area contributed by atoms with Gasteiger partial charge in [-0.05, 0) is 38.0 Å². The van der Waals surface area contributed by atoms with Crippen LogP contribution in [0.4, 0.5) is 0 Å². The third-order valence-electron chi connectivity index (χ3n) is 5.50. The maximum Gasteiger partial charge on any atom is 0.307 e. The Balaban J connectivity index is 2.13. The minimum absolute atomic E-state index is 0.118. The van der Waals surface area contributed by atoms with Crippen molar-refractivity contribution in [1.82, 2.24) is 4.90 Å².